The van der Waals surface area contributed by atoms with Gasteiger partial charge in [0.2, 0.25) is 0 Å². The highest BCUT2D eigenvalue weighted by Crippen LogP contribution is 2.22. The third kappa shape index (κ3) is 2.49. The average molecular weight is 221 g/mol. The molecule has 1 aromatic heterocycles. The highest BCUT2D eigenvalue weighted by molar-refractivity contribution is 5.31. The minimum absolute atomic E-state index is 0.725. The molecule has 0 aliphatic heterocycles. The Labute approximate surface area is 98.4 Å². The van der Waals surface area contributed by atoms with E-state index < -0.39 is 0 Å². The van der Waals surface area contributed by atoms with Crippen LogP contribution in [-0.2, 0) is 6.54 Å². The lowest BCUT2D eigenvalue weighted by Gasteiger charge is -2.22. The molecule has 0 saturated heterocycles. The van der Waals surface area contributed by atoms with Crippen LogP contribution in [-0.4, -0.2) is 6.04 Å². The van der Waals surface area contributed by atoms with Gasteiger partial charge in [-0.1, -0.05) is 19.3 Å². The van der Waals surface area contributed by atoms with Crippen molar-refractivity contribution in [2.24, 2.45) is 0 Å². The quantitative estimate of drug-likeness (QED) is 0.843. The molecule has 1 fully saturated rings. The van der Waals surface area contributed by atoms with Crippen molar-refractivity contribution in [1.29, 1.82) is 0 Å². The zero-order valence-electron chi connectivity index (χ0n) is 10.7. The van der Waals surface area contributed by atoms with Gasteiger partial charge in [-0.3, -0.25) is 0 Å². The lowest BCUT2D eigenvalue weighted by molar-refractivity contribution is 0.371. The lowest BCUT2D eigenvalue weighted by atomic mass is 9.95. The largest absolute Gasteiger partial charge is 0.466 e. The third-order valence-corrected chi connectivity index (χ3v) is 3.88. The van der Waals surface area contributed by atoms with Crippen LogP contribution in [0.15, 0.2) is 4.42 Å². The summed E-state index contributed by atoms with van der Waals surface area (Å²) in [6.07, 6.45) is 6.88. The van der Waals surface area contributed by atoms with Gasteiger partial charge in [0.15, 0.2) is 0 Å². The molecule has 1 aliphatic carbocycles. The Morgan fingerprint density at radius 3 is 2.31 bits per heavy atom. The predicted molar refractivity (Wildman–Crippen MR) is 66.6 cm³/mol. The maximum Gasteiger partial charge on any atom is 0.105 e. The van der Waals surface area contributed by atoms with Gasteiger partial charge in [0.05, 0.1) is 0 Å². The van der Waals surface area contributed by atoms with Gasteiger partial charge in [-0.15, -0.1) is 0 Å². The molecule has 1 aromatic rings. The van der Waals surface area contributed by atoms with Crippen LogP contribution in [0, 0.1) is 20.8 Å². The summed E-state index contributed by atoms with van der Waals surface area (Å²) < 4.78 is 5.65. The van der Waals surface area contributed by atoms with E-state index in [0.717, 1.165) is 24.1 Å². The molecule has 0 unspecified atom stereocenters. The number of rotatable bonds is 3. The summed E-state index contributed by atoms with van der Waals surface area (Å²) in [6, 6.07) is 0.725. The van der Waals surface area contributed by atoms with Gasteiger partial charge in [0, 0.05) is 18.2 Å². The first-order chi connectivity index (χ1) is 7.68. The molecule has 2 nitrogen and oxygen atoms in total. The van der Waals surface area contributed by atoms with Crippen molar-refractivity contribution in [3.05, 3.63) is 22.6 Å². The van der Waals surface area contributed by atoms with E-state index in [1.54, 1.807) is 0 Å². The molecule has 0 aromatic carbocycles. The summed E-state index contributed by atoms with van der Waals surface area (Å²) in [5.41, 5.74) is 2.68. The summed E-state index contributed by atoms with van der Waals surface area (Å²) in [6.45, 7) is 7.24. The van der Waals surface area contributed by atoms with Crippen molar-refractivity contribution in [3.8, 4) is 0 Å². The van der Waals surface area contributed by atoms with Gasteiger partial charge in [0.25, 0.3) is 0 Å². The Kier molecular flexibility index (Phi) is 3.70. The smallest absolute Gasteiger partial charge is 0.105 e. The van der Waals surface area contributed by atoms with Crippen LogP contribution in [0.4, 0.5) is 0 Å². The van der Waals surface area contributed by atoms with E-state index in [1.165, 1.54) is 43.2 Å². The average Bonchev–Trinajstić information content (AvgIpc) is 2.53. The van der Waals surface area contributed by atoms with Crippen molar-refractivity contribution >= 4 is 0 Å². The molecule has 0 bridgehead atoms. The lowest BCUT2D eigenvalue weighted by Crippen LogP contribution is -2.30. The van der Waals surface area contributed by atoms with E-state index in [-0.39, 0.29) is 0 Å². The molecule has 1 heterocycles. The van der Waals surface area contributed by atoms with Gasteiger partial charge in [-0.2, -0.15) is 0 Å². The fraction of sp³-hybridized carbons (Fsp3) is 0.714. The molecule has 0 radical (unpaired) electrons. The zero-order chi connectivity index (χ0) is 11.5. The molecule has 90 valence electrons. The Balaban J connectivity index is 1.93. The highest BCUT2D eigenvalue weighted by Gasteiger charge is 2.15. The van der Waals surface area contributed by atoms with Gasteiger partial charge in [-0.25, -0.2) is 0 Å². The Morgan fingerprint density at radius 2 is 1.75 bits per heavy atom. The maximum absolute atomic E-state index is 5.65. The minimum Gasteiger partial charge on any atom is -0.466 e. The summed E-state index contributed by atoms with van der Waals surface area (Å²) in [4.78, 5) is 0. The molecule has 1 saturated carbocycles. The van der Waals surface area contributed by atoms with Gasteiger partial charge in [-0.05, 0) is 39.2 Å². The first-order valence-electron chi connectivity index (χ1n) is 6.47. The van der Waals surface area contributed by atoms with E-state index >= 15 is 0 Å². The van der Waals surface area contributed by atoms with Crippen molar-refractivity contribution in [3.63, 3.8) is 0 Å². The summed E-state index contributed by atoms with van der Waals surface area (Å²) in [5.74, 6) is 2.15. The molecule has 2 rings (SSSR count). The highest BCUT2D eigenvalue weighted by atomic mass is 16.3. The van der Waals surface area contributed by atoms with Crippen LogP contribution in [0.25, 0.3) is 0 Å². The first-order valence-corrected chi connectivity index (χ1v) is 6.47. The minimum atomic E-state index is 0.725. The van der Waals surface area contributed by atoms with E-state index in [1.807, 2.05) is 6.92 Å². The monoisotopic (exact) mass is 221 g/mol. The number of aryl methyl sites for hydroxylation is 2. The summed E-state index contributed by atoms with van der Waals surface area (Å²) >= 11 is 0. The molecular formula is C14H23NO. The van der Waals surface area contributed by atoms with Crippen molar-refractivity contribution in [2.75, 3.05) is 0 Å². The van der Waals surface area contributed by atoms with Crippen molar-refractivity contribution in [1.82, 2.24) is 5.32 Å². The SMILES string of the molecule is Cc1oc(C)c(CNC2CCCCC2)c1C. The molecule has 1 aliphatic rings. The molecule has 1 N–H and O–H groups in total. The molecule has 0 spiro atoms. The van der Waals surface area contributed by atoms with Crippen LogP contribution in [0.1, 0.15) is 54.8 Å². The van der Waals surface area contributed by atoms with E-state index in [0.29, 0.717) is 0 Å². The molecule has 0 amide bonds. The van der Waals surface area contributed by atoms with Crippen LogP contribution in [0.3, 0.4) is 0 Å². The van der Waals surface area contributed by atoms with Gasteiger partial charge >= 0.3 is 0 Å². The fourth-order valence-electron chi connectivity index (χ4n) is 2.65. The fourth-order valence-corrected chi connectivity index (χ4v) is 2.65. The number of furan rings is 1. The Morgan fingerprint density at radius 1 is 1.06 bits per heavy atom. The second-order valence-electron chi connectivity index (χ2n) is 5.03. The number of hydrogen-bond donors (Lipinski definition) is 1. The molecule has 16 heavy (non-hydrogen) atoms. The normalized spacial score (nSPS) is 17.9. The number of nitrogens with one attached hydrogen (secondary N) is 1. The number of hydrogen-bond acceptors (Lipinski definition) is 2. The molecular weight excluding hydrogens is 198 g/mol. The van der Waals surface area contributed by atoms with E-state index in [2.05, 4.69) is 19.2 Å². The van der Waals surface area contributed by atoms with E-state index in [4.69, 9.17) is 4.42 Å². The summed E-state index contributed by atoms with van der Waals surface area (Å²) in [5, 5.41) is 3.67. The summed E-state index contributed by atoms with van der Waals surface area (Å²) in [7, 11) is 0. The first kappa shape index (κ1) is 11.7. The van der Waals surface area contributed by atoms with Crippen LogP contribution >= 0.6 is 0 Å². The van der Waals surface area contributed by atoms with E-state index in [9.17, 15) is 0 Å². The second kappa shape index (κ2) is 5.05. The molecule has 0 atom stereocenters. The zero-order valence-corrected chi connectivity index (χ0v) is 10.7. The Bertz CT molecular complexity index is 348. The van der Waals surface area contributed by atoms with Crippen LogP contribution in [0.2, 0.25) is 0 Å². The maximum atomic E-state index is 5.65. The Hall–Kier alpha value is -0.760. The van der Waals surface area contributed by atoms with Crippen LogP contribution in [0.5, 0.6) is 0 Å². The van der Waals surface area contributed by atoms with Gasteiger partial charge < -0.3 is 9.73 Å². The van der Waals surface area contributed by atoms with Gasteiger partial charge in [0.1, 0.15) is 11.5 Å². The van der Waals surface area contributed by atoms with Crippen molar-refractivity contribution in [2.45, 2.75) is 65.5 Å². The molecule has 2 heteroatoms. The standard InChI is InChI=1S/C14H23NO/c1-10-11(2)16-12(3)14(10)9-15-13-7-5-4-6-8-13/h13,15H,4-9H2,1-3H3. The third-order valence-electron chi connectivity index (χ3n) is 3.88. The predicted octanol–water partition coefficient (Wildman–Crippen LogP) is 3.63. The van der Waals surface area contributed by atoms with Crippen LogP contribution < -0.4 is 5.32 Å². The van der Waals surface area contributed by atoms with Crippen molar-refractivity contribution < 1.29 is 4.42 Å². The topological polar surface area (TPSA) is 25.2 Å². The second-order valence-corrected chi connectivity index (χ2v) is 5.03.